The number of hydrogen-bond acceptors (Lipinski definition) is 3. The van der Waals surface area contributed by atoms with Gasteiger partial charge >= 0.3 is 0 Å². The van der Waals surface area contributed by atoms with Crippen molar-refractivity contribution in [3.05, 3.63) is 29.6 Å². The number of pyridine rings is 1. The smallest absolute Gasteiger partial charge is 0.141 e. The summed E-state index contributed by atoms with van der Waals surface area (Å²) in [4.78, 5) is 3.96. The average Bonchev–Trinajstić information content (AvgIpc) is 2.15. The van der Waals surface area contributed by atoms with Gasteiger partial charge in [-0.15, -0.1) is 0 Å². The van der Waals surface area contributed by atoms with Gasteiger partial charge in [0.15, 0.2) is 0 Å². The summed E-state index contributed by atoms with van der Waals surface area (Å²) in [6, 6.07) is 3.62. The van der Waals surface area contributed by atoms with Crippen molar-refractivity contribution in [3.8, 4) is 0 Å². The predicted octanol–water partition coefficient (Wildman–Crippen LogP) is 1.29. The molecule has 0 bridgehead atoms. The molecule has 1 heterocycles. The zero-order valence-electron chi connectivity index (χ0n) is 8.45. The normalized spacial score (nSPS) is 10.5. The lowest BCUT2D eigenvalue weighted by molar-refractivity contribution is 0.0656. The van der Waals surface area contributed by atoms with Gasteiger partial charge in [0.1, 0.15) is 11.5 Å². The first-order valence-electron chi connectivity index (χ1n) is 4.50. The highest BCUT2D eigenvalue weighted by Gasteiger charge is 2.01. The molecular formula is C10H15N3O. The molecule has 0 aromatic carbocycles. The summed E-state index contributed by atoms with van der Waals surface area (Å²) in [6.45, 7) is 4.49. The zero-order chi connectivity index (χ0) is 10.6. The van der Waals surface area contributed by atoms with Gasteiger partial charge in [-0.3, -0.25) is 10.4 Å². The molecule has 0 saturated heterocycles. The number of nitrogens with zero attached hydrogens (tertiary/aromatic N) is 1. The van der Waals surface area contributed by atoms with Gasteiger partial charge in [-0.2, -0.15) is 0 Å². The number of rotatable bonds is 4. The number of nitrogen functional groups attached to an aromatic ring is 1. The van der Waals surface area contributed by atoms with Gasteiger partial charge in [0, 0.05) is 6.20 Å². The standard InChI is InChI=1S/C10H15N3O/c1-7(2)14-6-8-3-4-13-9(5-8)10(11)12/h3-5,7H,6H2,1-2H3,(H3,11,12). The van der Waals surface area contributed by atoms with Crippen molar-refractivity contribution in [3.63, 3.8) is 0 Å². The Morgan fingerprint density at radius 2 is 2.36 bits per heavy atom. The van der Waals surface area contributed by atoms with Crippen LogP contribution in [0.1, 0.15) is 25.1 Å². The molecule has 1 rings (SSSR count). The van der Waals surface area contributed by atoms with Crippen LogP contribution in [0.15, 0.2) is 18.3 Å². The molecule has 0 saturated carbocycles. The average molecular weight is 193 g/mol. The van der Waals surface area contributed by atoms with E-state index in [-0.39, 0.29) is 11.9 Å². The molecule has 0 unspecified atom stereocenters. The molecule has 1 aromatic heterocycles. The number of ether oxygens (including phenoxy) is 1. The van der Waals surface area contributed by atoms with Crippen LogP contribution in [0.4, 0.5) is 0 Å². The predicted molar refractivity (Wildman–Crippen MR) is 55.2 cm³/mol. The maximum absolute atomic E-state index is 7.22. The maximum atomic E-state index is 7.22. The van der Waals surface area contributed by atoms with Crippen LogP contribution in [0.25, 0.3) is 0 Å². The van der Waals surface area contributed by atoms with Crippen LogP contribution in [0.5, 0.6) is 0 Å². The van der Waals surface area contributed by atoms with E-state index < -0.39 is 0 Å². The summed E-state index contributed by atoms with van der Waals surface area (Å²) in [5, 5.41) is 7.22. The van der Waals surface area contributed by atoms with Crippen LogP contribution in [0.3, 0.4) is 0 Å². The number of amidine groups is 1. The van der Waals surface area contributed by atoms with E-state index in [0.717, 1.165) is 5.56 Å². The van der Waals surface area contributed by atoms with Crippen LogP contribution < -0.4 is 5.73 Å². The van der Waals surface area contributed by atoms with Gasteiger partial charge in [0.05, 0.1) is 12.7 Å². The van der Waals surface area contributed by atoms with Crippen LogP contribution in [-0.2, 0) is 11.3 Å². The molecule has 1 aromatic rings. The lowest BCUT2D eigenvalue weighted by Gasteiger charge is -2.07. The van der Waals surface area contributed by atoms with Crippen LogP contribution in [0.2, 0.25) is 0 Å². The fraction of sp³-hybridized carbons (Fsp3) is 0.400. The van der Waals surface area contributed by atoms with E-state index in [0.29, 0.717) is 12.3 Å². The van der Waals surface area contributed by atoms with Crippen LogP contribution >= 0.6 is 0 Å². The maximum Gasteiger partial charge on any atom is 0.141 e. The molecule has 4 nitrogen and oxygen atoms in total. The Balaban J connectivity index is 2.69. The fourth-order valence-electron chi connectivity index (χ4n) is 0.974. The Morgan fingerprint density at radius 3 is 2.93 bits per heavy atom. The Hall–Kier alpha value is -1.42. The lowest BCUT2D eigenvalue weighted by Crippen LogP contribution is -2.13. The fourth-order valence-corrected chi connectivity index (χ4v) is 0.974. The summed E-state index contributed by atoms with van der Waals surface area (Å²) in [5.74, 6) is -0.0172. The van der Waals surface area contributed by atoms with Gasteiger partial charge < -0.3 is 10.5 Å². The number of aromatic nitrogens is 1. The Kier molecular flexibility index (Phi) is 3.59. The molecule has 3 N–H and O–H groups in total. The summed E-state index contributed by atoms with van der Waals surface area (Å²) in [7, 11) is 0. The van der Waals surface area contributed by atoms with Crippen molar-refractivity contribution >= 4 is 5.84 Å². The Bertz CT molecular complexity index is 323. The molecule has 0 amide bonds. The first-order valence-corrected chi connectivity index (χ1v) is 4.50. The Labute approximate surface area is 83.6 Å². The minimum atomic E-state index is -0.0172. The molecule has 0 radical (unpaired) electrons. The Morgan fingerprint density at radius 1 is 1.64 bits per heavy atom. The molecule has 14 heavy (non-hydrogen) atoms. The number of hydrogen-bond donors (Lipinski definition) is 2. The molecule has 4 heteroatoms. The highest BCUT2D eigenvalue weighted by Crippen LogP contribution is 2.04. The number of nitrogens with two attached hydrogens (primary N) is 1. The van der Waals surface area contributed by atoms with E-state index in [1.165, 1.54) is 0 Å². The number of nitrogens with one attached hydrogen (secondary N) is 1. The topological polar surface area (TPSA) is 72.0 Å². The summed E-state index contributed by atoms with van der Waals surface area (Å²) < 4.78 is 5.42. The van der Waals surface area contributed by atoms with Gasteiger partial charge in [-0.25, -0.2) is 0 Å². The van der Waals surface area contributed by atoms with Gasteiger partial charge in [-0.1, -0.05) is 0 Å². The second kappa shape index (κ2) is 4.72. The summed E-state index contributed by atoms with van der Waals surface area (Å²) in [6.07, 6.45) is 1.83. The highest BCUT2D eigenvalue weighted by molar-refractivity contribution is 5.93. The van der Waals surface area contributed by atoms with Crippen LogP contribution in [-0.4, -0.2) is 16.9 Å². The lowest BCUT2D eigenvalue weighted by atomic mass is 10.2. The molecule has 0 aliphatic rings. The van der Waals surface area contributed by atoms with E-state index in [1.807, 2.05) is 19.9 Å². The molecule has 0 atom stereocenters. The van der Waals surface area contributed by atoms with Crippen molar-refractivity contribution < 1.29 is 4.74 Å². The van der Waals surface area contributed by atoms with Crippen molar-refractivity contribution in [1.82, 2.24) is 4.98 Å². The van der Waals surface area contributed by atoms with Crippen molar-refractivity contribution in [1.29, 1.82) is 5.41 Å². The highest BCUT2D eigenvalue weighted by atomic mass is 16.5. The van der Waals surface area contributed by atoms with Crippen molar-refractivity contribution in [2.45, 2.75) is 26.6 Å². The van der Waals surface area contributed by atoms with E-state index in [4.69, 9.17) is 15.9 Å². The summed E-state index contributed by atoms with van der Waals surface area (Å²) in [5.41, 5.74) is 6.80. The minimum Gasteiger partial charge on any atom is -0.382 e. The van der Waals surface area contributed by atoms with Gasteiger partial charge in [-0.05, 0) is 31.5 Å². The SMILES string of the molecule is CC(C)OCc1ccnc(C(=N)N)c1. The van der Waals surface area contributed by atoms with Crippen LogP contribution in [0, 0.1) is 5.41 Å². The largest absolute Gasteiger partial charge is 0.382 e. The minimum absolute atomic E-state index is 0.0172. The van der Waals surface area contributed by atoms with Gasteiger partial charge in [0.25, 0.3) is 0 Å². The van der Waals surface area contributed by atoms with Crippen molar-refractivity contribution in [2.75, 3.05) is 0 Å². The van der Waals surface area contributed by atoms with Crippen molar-refractivity contribution in [2.24, 2.45) is 5.73 Å². The molecule has 0 aliphatic carbocycles. The molecule has 0 spiro atoms. The van der Waals surface area contributed by atoms with E-state index in [9.17, 15) is 0 Å². The third kappa shape index (κ3) is 3.14. The second-order valence-electron chi connectivity index (χ2n) is 3.32. The molecular weight excluding hydrogens is 178 g/mol. The first kappa shape index (κ1) is 10.7. The van der Waals surface area contributed by atoms with E-state index in [2.05, 4.69) is 4.98 Å². The third-order valence-corrected chi connectivity index (χ3v) is 1.68. The molecule has 0 fully saturated rings. The quantitative estimate of drug-likeness (QED) is 0.559. The zero-order valence-corrected chi connectivity index (χ0v) is 8.45. The van der Waals surface area contributed by atoms with E-state index in [1.54, 1.807) is 12.3 Å². The molecule has 0 aliphatic heterocycles. The summed E-state index contributed by atoms with van der Waals surface area (Å²) >= 11 is 0. The first-order chi connectivity index (χ1) is 6.59. The monoisotopic (exact) mass is 193 g/mol. The third-order valence-electron chi connectivity index (χ3n) is 1.68. The van der Waals surface area contributed by atoms with Gasteiger partial charge in [0.2, 0.25) is 0 Å². The second-order valence-corrected chi connectivity index (χ2v) is 3.32. The van der Waals surface area contributed by atoms with E-state index >= 15 is 0 Å². The molecule has 76 valence electrons.